The van der Waals surface area contributed by atoms with Crippen LogP contribution >= 0.6 is 0 Å². The number of hydrogen-bond acceptors (Lipinski definition) is 2. The third-order valence-corrected chi connectivity index (χ3v) is 3.50. The Bertz CT molecular complexity index is 199. The molecule has 1 amide bonds. The summed E-state index contributed by atoms with van der Waals surface area (Å²) in [5, 5.41) is 6.49. The molecule has 80 valence electrons. The molecule has 3 nitrogen and oxygen atoms in total. The molecule has 2 aliphatic rings. The molecular formula is C11H20N2O. The first kappa shape index (κ1) is 9.97. The average Bonchev–Trinajstić information content (AvgIpc) is 2.44. The van der Waals surface area contributed by atoms with E-state index in [0.717, 1.165) is 19.0 Å². The van der Waals surface area contributed by atoms with Crippen molar-refractivity contribution in [3.63, 3.8) is 0 Å². The predicted molar refractivity (Wildman–Crippen MR) is 56.0 cm³/mol. The molecule has 2 fully saturated rings. The molecule has 1 unspecified atom stereocenters. The van der Waals surface area contributed by atoms with E-state index in [4.69, 9.17) is 0 Å². The summed E-state index contributed by atoms with van der Waals surface area (Å²) in [6.45, 7) is 1.69. The fraction of sp³-hybridized carbons (Fsp3) is 0.909. The van der Waals surface area contributed by atoms with Crippen molar-refractivity contribution in [1.29, 1.82) is 0 Å². The standard InChI is InChI=1S/C11H20N2O/c14-11-6-7-12-10(8-13-11)9-4-2-1-3-5-9/h9-10,12H,1-8H2,(H,13,14). The van der Waals surface area contributed by atoms with Gasteiger partial charge in [0, 0.05) is 25.6 Å². The molecular weight excluding hydrogens is 176 g/mol. The molecule has 1 aliphatic heterocycles. The molecule has 3 heteroatoms. The van der Waals surface area contributed by atoms with Gasteiger partial charge in [-0.15, -0.1) is 0 Å². The lowest BCUT2D eigenvalue weighted by Gasteiger charge is -2.29. The Morgan fingerprint density at radius 1 is 1.14 bits per heavy atom. The summed E-state index contributed by atoms with van der Waals surface area (Å²) in [5.41, 5.74) is 0. The number of rotatable bonds is 1. The number of carbonyl (C=O) groups is 1. The van der Waals surface area contributed by atoms with Crippen LogP contribution in [0.4, 0.5) is 0 Å². The molecule has 1 saturated carbocycles. The Kier molecular flexibility index (Phi) is 3.40. The predicted octanol–water partition coefficient (Wildman–Crippen LogP) is 1.04. The van der Waals surface area contributed by atoms with E-state index in [1.165, 1.54) is 32.1 Å². The highest BCUT2D eigenvalue weighted by Gasteiger charge is 2.25. The number of amides is 1. The lowest BCUT2D eigenvalue weighted by molar-refractivity contribution is -0.120. The lowest BCUT2D eigenvalue weighted by Crippen LogP contribution is -2.42. The zero-order chi connectivity index (χ0) is 9.80. The van der Waals surface area contributed by atoms with E-state index in [2.05, 4.69) is 10.6 Å². The minimum Gasteiger partial charge on any atom is -0.354 e. The van der Waals surface area contributed by atoms with Crippen molar-refractivity contribution >= 4 is 5.91 Å². The summed E-state index contributed by atoms with van der Waals surface area (Å²) >= 11 is 0. The third kappa shape index (κ3) is 2.47. The number of carbonyl (C=O) groups excluding carboxylic acids is 1. The van der Waals surface area contributed by atoms with Gasteiger partial charge in [-0.05, 0) is 18.8 Å². The lowest BCUT2D eigenvalue weighted by atomic mass is 9.84. The van der Waals surface area contributed by atoms with Gasteiger partial charge in [-0.3, -0.25) is 4.79 Å². The van der Waals surface area contributed by atoms with Crippen LogP contribution in [-0.2, 0) is 4.79 Å². The second-order valence-electron chi connectivity index (χ2n) is 4.51. The monoisotopic (exact) mass is 196 g/mol. The van der Waals surface area contributed by atoms with E-state index < -0.39 is 0 Å². The zero-order valence-electron chi connectivity index (χ0n) is 8.72. The molecule has 2 N–H and O–H groups in total. The van der Waals surface area contributed by atoms with E-state index in [1.807, 2.05) is 0 Å². The first-order chi connectivity index (χ1) is 6.86. The molecule has 1 heterocycles. The van der Waals surface area contributed by atoms with Crippen molar-refractivity contribution in [1.82, 2.24) is 10.6 Å². The van der Waals surface area contributed by atoms with Crippen LogP contribution in [-0.4, -0.2) is 25.0 Å². The Hall–Kier alpha value is -0.570. The summed E-state index contributed by atoms with van der Waals surface area (Å²) in [4.78, 5) is 11.2. The van der Waals surface area contributed by atoms with Crippen LogP contribution in [0.1, 0.15) is 38.5 Å². The summed E-state index contributed by atoms with van der Waals surface area (Å²) in [7, 11) is 0. The highest BCUT2D eigenvalue weighted by Crippen LogP contribution is 2.26. The van der Waals surface area contributed by atoms with Gasteiger partial charge in [-0.2, -0.15) is 0 Å². The normalized spacial score (nSPS) is 30.9. The van der Waals surface area contributed by atoms with E-state index in [0.29, 0.717) is 12.5 Å². The van der Waals surface area contributed by atoms with Crippen molar-refractivity contribution in [2.24, 2.45) is 5.92 Å². The SMILES string of the molecule is O=C1CCNC(C2CCCCC2)CN1. The quantitative estimate of drug-likeness (QED) is 0.658. The fourth-order valence-electron chi connectivity index (χ4n) is 2.63. The maximum atomic E-state index is 11.2. The van der Waals surface area contributed by atoms with Crippen molar-refractivity contribution < 1.29 is 4.79 Å². The summed E-state index contributed by atoms with van der Waals surface area (Å²) in [5.74, 6) is 0.998. The maximum Gasteiger partial charge on any atom is 0.221 e. The molecule has 0 spiro atoms. The molecule has 0 aromatic carbocycles. The highest BCUT2D eigenvalue weighted by atomic mass is 16.1. The summed E-state index contributed by atoms with van der Waals surface area (Å²) in [6, 6.07) is 0.529. The van der Waals surface area contributed by atoms with Gasteiger partial charge in [0.1, 0.15) is 0 Å². The first-order valence-corrected chi connectivity index (χ1v) is 5.86. The maximum absolute atomic E-state index is 11.2. The van der Waals surface area contributed by atoms with Crippen molar-refractivity contribution in [2.45, 2.75) is 44.6 Å². The van der Waals surface area contributed by atoms with Gasteiger partial charge in [-0.1, -0.05) is 19.3 Å². The topological polar surface area (TPSA) is 41.1 Å². The molecule has 0 radical (unpaired) electrons. The largest absolute Gasteiger partial charge is 0.354 e. The Morgan fingerprint density at radius 3 is 2.71 bits per heavy atom. The van der Waals surface area contributed by atoms with Crippen LogP contribution < -0.4 is 10.6 Å². The van der Waals surface area contributed by atoms with Crippen molar-refractivity contribution in [3.05, 3.63) is 0 Å². The molecule has 14 heavy (non-hydrogen) atoms. The number of nitrogens with one attached hydrogen (secondary N) is 2. The summed E-state index contributed by atoms with van der Waals surface area (Å²) < 4.78 is 0. The minimum atomic E-state index is 0.204. The molecule has 1 atom stereocenters. The van der Waals surface area contributed by atoms with E-state index in [1.54, 1.807) is 0 Å². The zero-order valence-corrected chi connectivity index (χ0v) is 8.72. The second-order valence-corrected chi connectivity index (χ2v) is 4.51. The smallest absolute Gasteiger partial charge is 0.221 e. The van der Waals surface area contributed by atoms with Crippen molar-refractivity contribution in [3.8, 4) is 0 Å². The van der Waals surface area contributed by atoms with Gasteiger partial charge in [0.05, 0.1) is 0 Å². The molecule has 0 bridgehead atoms. The Morgan fingerprint density at radius 2 is 1.93 bits per heavy atom. The molecule has 1 saturated heterocycles. The van der Waals surface area contributed by atoms with Crippen LogP contribution in [0.15, 0.2) is 0 Å². The minimum absolute atomic E-state index is 0.204. The fourth-order valence-corrected chi connectivity index (χ4v) is 2.63. The summed E-state index contributed by atoms with van der Waals surface area (Å²) in [6.07, 6.45) is 7.47. The van der Waals surface area contributed by atoms with E-state index in [9.17, 15) is 4.79 Å². The van der Waals surface area contributed by atoms with Gasteiger partial charge >= 0.3 is 0 Å². The van der Waals surface area contributed by atoms with Gasteiger partial charge < -0.3 is 10.6 Å². The molecule has 0 aromatic rings. The Balaban J connectivity index is 1.86. The van der Waals surface area contributed by atoms with Gasteiger partial charge in [0.15, 0.2) is 0 Å². The van der Waals surface area contributed by atoms with Crippen LogP contribution in [0.25, 0.3) is 0 Å². The molecule has 0 aromatic heterocycles. The molecule has 1 aliphatic carbocycles. The van der Waals surface area contributed by atoms with Crippen LogP contribution in [0.3, 0.4) is 0 Å². The highest BCUT2D eigenvalue weighted by molar-refractivity contribution is 5.76. The second kappa shape index (κ2) is 4.78. The number of hydrogen-bond donors (Lipinski definition) is 2. The first-order valence-electron chi connectivity index (χ1n) is 5.86. The molecule has 2 rings (SSSR count). The van der Waals surface area contributed by atoms with Crippen LogP contribution in [0, 0.1) is 5.92 Å². The van der Waals surface area contributed by atoms with Gasteiger partial charge in [0.25, 0.3) is 0 Å². The third-order valence-electron chi connectivity index (χ3n) is 3.50. The van der Waals surface area contributed by atoms with Gasteiger partial charge in [-0.25, -0.2) is 0 Å². The van der Waals surface area contributed by atoms with E-state index >= 15 is 0 Å². The Labute approximate surface area is 85.6 Å². The van der Waals surface area contributed by atoms with Crippen LogP contribution in [0.5, 0.6) is 0 Å². The average molecular weight is 196 g/mol. The van der Waals surface area contributed by atoms with Gasteiger partial charge in [0.2, 0.25) is 5.91 Å². The van der Waals surface area contributed by atoms with Crippen molar-refractivity contribution in [2.75, 3.05) is 13.1 Å². The van der Waals surface area contributed by atoms with Crippen LogP contribution in [0.2, 0.25) is 0 Å². The van der Waals surface area contributed by atoms with E-state index in [-0.39, 0.29) is 5.91 Å².